The number of hydrogen-bond acceptors (Lipinski definition) is 2. The quantitative estimate of drug-likeness (QED) is 0.748. The van der Waals surface area contributed by atoms with Crippen LogP contribution in [0.15, 0.2) is 5.38 Å². The summed E-state index contributed by atoms with van der Waals surface area (Å²) in [6, 6.07) is 0. The van der Waals surface area contributed by atoms with Crippen LogP contribution in [0.2, 0.25) is 0 Å². The smallest absolute Gasteiger partial charge is 0.0959 e. The summed E-state index contributed by atoms with van der Waals surface area (Å²) in [5.41, 5.74) is 1.41. The molecule has 0 bridgehead atoms. The van der Waals surface area contributed by atoms with Gasteiger partial charge in [0.1, 0.15) is 0 Å². The Morgan fingerprint density at radius 3 is 2.69 bits per heavy atom. The van der Waals surface area contributed by atoms with E-state index in [1.54, 1.807) is 0 Å². The Morgan fingerprint density at radius 1 is 1.31 bits per heavy atom. The molecule has 0 spiro atoms. The van der Waals surface area contributed by atoms with Crippen LogP contribution in [0.4, 0.5) is 0 Å². The van der Waals surface area contributed by atoms with Gasteiger partial charge < -0.3 is 0 Å². The van der Waals surface area contributed by atoms with E-state index < -0.39 is 0 Å². The molecule has 2 aliphatic carbocycles. The fourth-order valence-corrected chi connectivity index (χ4v) is 4.18. The highest BCUT2D eigenvalue weighted by atomic mass is 32.1. The fourth-order valence-electron chi connectivity index (χ4n) is 3.12. The molecule has 0 radical (unpaired) electrons. The molecule has 16 heavy (non-hydrogen) atoms. The molecule has 2 fully saturated rings. The van der Waals surface area contributed by atoms with Gasteiger partial charge in [0.05, 0.1) is 10.7 Å². The third-order valence-electron chi connectivity index (χ3n) is 4.32. The van der Waals surface area contributed by atoms with Gasteiger partial charge in [-0.1, -0.05) is 26.7 Å². The standard InChI is InChI=1S/C14H21NS/c1-9(2)11-7-12(11)13-8-16-14(15-13)10-5-3-4-6-10/h8-12H,3-7H2,1-2H3/t11-,12+/m0/s1. The summed E-state index contributed by atoms with van der Waals surface area (Å²) in [6.07, 6.45) is 6.97. The van der Waals surface area contributed by atoms with Crippen molar-refractivity contribution >= 4 is 11.3 Å². The summed E-state index contributed by atoms with van der Waals surface area (Å²) in [6.45, 7) is 4.68. The van der Waals surface area contributed by atoms with E-state index in [-0.39, 0.29) is 0 Å². The molecule has 2 heteroatoms. The van der Waals surface area contributed by atoms with E-state index in [0.29, 0.717) is 0 Å². The van der Waals surface area contributed by atoms with Crippen molar-refractivity contribution in [2.75, 3.05) is 0 Å². The van der Waals surface area contributed by atoms with Crippen LogP contribution in [-0.4, -0.2) is 4.98 Å². The summed E-state index contributed by atoms with van der Waals surface area (Å²) in [7, 11) is 0. The first-order valence-electron chi connectivity index (χ1n) is 6.71. The molecule has 0 N–H and O–H groups in total. The first kappa shape index (κ1) is 10.8. The normalized spacial score (nSPS) is 30.2. The van der Waals surface area contributed by atoms with E-state index in [4.69, 9.17) is 4.98 Å². The highest BCUT2D eigenvalue weighted by Gasteiger charge is 2.41. The van der Waals surface area contributed by atoms with Gasteiger partial charge in [-0.15, -0.1) is 11.3 Å². The zero-order valence-electron chi connectivity index (χ0n) is 10.3. The molecule has 88 valence electrons. The van der Waals surface area contributed by atoms with Crippen LogP contribution in [0.5, 0.6) is 0 Å². The number of thiazole rings is 1. The summed E-state index contributed by atoms with van der Waals surface area (Å²) in [5, 5.41) is 3.77. The summed E-state index contributed by atoms with van der Waals surface area (Å²) in [5.74, 6) is 3.35. The lowest BCUT2D eigenvalue weighted by Crippen LogP contribution is -1.94. The molecule has 0 amide bonds. The average molecular weight is 235 g/mol. The SMILES string of the molecule is CC(C)[C@@H]1C[C@H]1c1csc(C2CCCC2)n1. The van der Waals surface area contributed by atoms with Gasteiger partial charge in [0.15, 0.2) is 0 Å². The first-order valence-corrected chi connectivity index (χ1v) is 7.59. The highest BCUT2D eigenvalue weighted by Crippen LogP contribution is 2.52. The van der Waals surface area contributed by atoms with Crippen LogP contribution in [0.3, 0.4) is 0 Å². The molecule has 2 saturated carbocycles. The van der Waals surface area contributed by atoms with Crippen molar-refractivity contribution < 1.29 is 0 Å². The molecule has 0 aliphatic heterocycles. The van der Waals surface area contributed by atoms with Crippen molar-refractivity contribution in [1.29, 1.82) is 0 Å². The Bertz CT molecular complexity index is 363. The van der Waals surface area contributed by atoms with Gasteiger partial charge in [-0.3, -0.25) is 0 Å². The molecule has 1 aromatic rings. The average Bonchev–Trinajstić information content (AvgIpc) is 2.72. The Kier molecular flexibility index (Phi) is 2.78. The predicted octanol–water partition coefficient (Wildman–Crippen LogP) is 4.56. The Hall–Kier alpha value is -0.370. The number of rotatable bonds is 3. The van der Waals surface area contributed by atoms with Crippen LogP contribution < -0.4 is 0 Å². The minimum Gasteiger partial charge on any atom is -0.246 e. The van der Waals surface area contributed by atoms with Crippen molar-refractivity contribution in [1.82, 2.24) is 4.98 Å². The van der Waals surface area contributed by atoms with Crippen molar-refractivity contribution in [3.8, 4) is 0 Å². The Balaban J connectivity index is 1.69. The summed E-state index contributed by atoms with van der Waals surface area (Å²) in [4.78, 5) is 4.91. The molecular weight excluding hydrogens is 214 g/mol. The van der Waals surface area contributed by atoms with Crippen LogP contribution in [0.1, 0.15) is 68.5 Å². The molecular formula is C14H21NS. The lowest BCUT2D eigenvalue weighted by Gasteiger charge is -2.03. The second-order valence-corrected chi connectivity index (χ2v) is 6.73. The molecule has 1 nitrogen and oxygen atoms in total. The first-order chi connectivity index (χ1) is 7.75. The second-order valence-electron chi connectivity index (χ2n) is 5.84. The van der Waals surface area contributed by atoms with Crippen LogP contribution in [0, 0.1) is 11.8 Å². The van der Waals surface area contributed by atoms with Gasteiger partial charge in [0.25, 0.3) is 0 Å². The Labute approximate surface area is 102 Å². The maximum Gasteiger partial charge on any atom is 0.0959 e. The summed E-state index contributed by atoms with van der Waals surface area (Å²) >= 11 is 1.92. The monoisotopic (exact) mass is 235 g/mol. The molecule has 2 aliphatic rings. The molecule has 1 heterocycles. The third-order valence-corrected chi connectivity index (χ3v) is 5.35. The largest absolute Gasteiger partial charge is 0.246 e. The fraction of sp³-hybridized carbons (Fsp3) is 0.786. The molecule has 0 saturated heterocycles. The maximum atomic E-state index is 4.91. The maximum absolute atomic E-state index is 4.91. The number of nitrogens with zero attached hydrogens (tertiary/aromatic N) is 1. The number of hydrogen-bond donors (Lipinski definition) is 0. The van der Waals surface area contributed by atoms with Crippen molar-refractivity contribution in [3.05, 3.63) is 16.1 Å². The number of aromatic nitrogens is 1. The van der Waals surface area contributed by atoms with E-state index >= 15 is 0 Å². The van der Waals surface area contributed by atoms with E-state index in [1.165, 1.54) is 42.8 Å². The van der Waals surface area contributed by atoms with Crippen LogP contribution >= 0.6 is 11.3 Å². The minimum absolute atomic E-state index is 0.798. The van der Waals surface area contributed by atoms with Crippen molar-refractivity contribution in [2.45, 2.75) is 57.8 Å². The van der Waals surface area contributed by atoms with Crippen molar-refractivity contribution in [2.24, 2.45) is 11.8 Å². The Morgan fingerprint density at radius 2 is 2.06 bits per heavy atom. The lowest BCUT2D eigenvalue weighted by molar-refractivity contribution is 0.546. The third kappa shape index (κ3) is 1.92. The second kappa shape index (κ2) is 4.14. The van der Waals surface area contributed by atoms with Gasteiger partial charge >= 0.3 is 0 Å². The predicted molar refractivity (Wildman–Crippen MR) is 69.0 cm³/mol. The van der Waals surface area contributed by atoms with Gasteiger partial charge in [0, 0.05) is 17.2 Å². The molecule has 2 atom stereocenters. The van der Waals surface area contributed by atoms with E-state index in [0.717, 1.165) is 23.7 Å². The van der Waals surface area contributed by atoms with Crippen LogP contribution in [0.25, 0.3) is 0 Å². The minimum atomic E-state index is 0.798. The lowest BCUT2D eigenvalue weighted by atomic mass is 10.1. The molecule has 3 rings (SSSR count). The van der Waals surface area contributed by atoms with Gasteiger partial charge in [-0.2, -0.15) is 0 Å². The highest BCUT2D eigenvalue weighted by molar-refractivity contribution is 7.09. The van der Waals surface area contributed by atoms with Gasteiger partial charge in [-0.05, 0) is 31.1 Å². The summed E-state index contributed by atoms with van der Waals surface area (Å²) < 4.78 is 0. The molecule has 0 unspecified atom stereocenters. The molecule has 0 aromatic carbocycles. The topological polar surface area (TPSA) is 12.9 Å². The van der Waals surface area contributed by atoms with Gasteiger partial charge in [0.2, 0.25) is 0 Å². The van der Waals surface area contributed by atoms with E-state index in [2.05, 4.69) is 19.2 Å². The van der Waals surface area contributed by atoms with E-state index in [9.17, 15) is 0 Å². The van der Waals surface area contributed by atoms with Crippen molar-refractivity contribution in [3.63, 3.8) is 0 Å². The molecule has 1 aromatic heterocycles. The van der Waals surface area contributed by atoms with Crippen LogP contribution in [-0.2, 0) is 0 Å². The van der Waals surface area contributed by atoms with Gasteiger partial charge in [-0.25, -0.2) is 4.98 Å². The zero-order valence-corrected chi connectivity index (χ0v) is 11.1. The van der Waals surface area contributed by atoms with E-state index in [1.807, 2.05) is 11.3 Å². The zero-order chi connectivity index (χ0) is 11.1.